The topological polar surface area (TPSA) is 191 Å². The molecule has 8 N–H and O–H groups in total. The third kappa shape index (κ3) is 26.3. The number of amides is 1. The van der Waals surface area contributed by atoms with Crippen molar-refractivity contribution in [1.82, 2.24) is 20.6 Å². The lowest BCUT2D eigenvalue weighted by molar-refractivity contribution is -0.230. The Labute approximate surface area is 374 Å². The Balaban J connectivity index is 0. The van der Waals surface area contributed by atoms with Gasteiger partial charge in [-0.25, -0.2) is 4.98 Å². The van der Waals surface area contributed by atoms with Crippen LogP contribution in [0, 0.1) is 45.8 Å². The van der Waals surface area contributed by atoms with Gasteiger partial charge in [-0.2, -0.15) is 0 Å². The zero-order chi connectivity index (χ0) is 47.3. The van der Waals surface area contributed by atoms with Gasteiger partial charge in [-0.15, -0.1) is 0 Å². The van der Waals surface area contributed by atoms with Crippen LogP contribution in [0.25, 0.3) is 0 Å². The number of H-pyrrole nitrogens is 1. The van der Waals surface area contributed by atoms with E-state index in [1.807, 2.05) is 27.1 Å². The molecule has 2 rings (SSSR count). The number of aromatic amines is 1. The number of piperidine rings is 1. The molecule has 0 aliphatic carbocycles. The SMILES string of the molecule is C=CC(=N)C(C)=N.CC1CCC(=O)NC1.CCCC(OCC(C)CC)C(C)(O)O.CCCCCC(C)C(C)/C(C(C)=N)=C(\C)C(C)c1ncc(C(CCCC(C)CC)NC)[nH]1. The molecule has 1 aromatic rings. The summed E-state index contributed by atoms with van der Waals surface area (Å²) < 4.78 is 5.50. The predicted molar refractivity (Wildman–Crippen MR) is 260 cm³/mol. The molecular formula is C50H95N7O4. The first-order chi connectivity index (χ1) is 28.6. The Bertz CT molecular complexity index is 1400. The van der Waals surface area contributed by atoms with E-state index in [0.717, 1.165) is 50.4 Å². The summed E-state index contributed by atoms with van der Waals surface area (Å²) in [6.45, 7) is 34.0. The number of hydrogen-bond donors (Lipinski definition) is 8. The number of nitrogens with zero attached hydrogens (tertiary/aromatic N) is 1. The van der Waals surface area contributed by atoms with E-state index < -0.39 is 11.9 Å². The number of allylic oxidation sites excluding steroid dienone is 3. The number of unbranched alkanes of at least 4 members (excludes halogenated alkanes) is 2. The molecule has 1 aliphatic rings. The number of nitrogens with one attached hydrogen (secondary N) is 6. The molecule has 0 aromatic carbocycles. The molecule has 1 saturated heterocycles. The fourth-order valence-electron chi connectivity index (χ4n) is 6.95. The molecule has 11 heteroatoms. The summed E-state index contributed by atoms with van der Waals surface area (Å²) in [5, 5.41) is 47.3. The molecule has 8 unspecified atom stereocenters. The van der Waals surface area contributed by atoms with E-state index >= 15 is 0 Å². The van der Waals surface area contributed by atoms with Gasteiger partial charge in [0.15, 0.2) is 5.79 Å². The lowest BCUT2D eigenvalue weighted by atomic mass is 9.79. The molecular weight excluding hydrogens is 763 g/mol. The molecule has 11 nitrogen and oxygen atoms in total. The summed E-state index contributed by atoms with van der Waals surface area (Å²) in [7, 11) is 2.04. The lowest BCUT2D eigenvalue weighted by Gasteiger charge is -2.28. The maximum absolute atomic E-state index is 10.5. The first kappa shape index (κ1) is 60.1. The minimum absolute atomic E-state index is 0.182. The van der Waals surface area contributed by atoms with Gasteiger partial charge >= 0.3 is 0 Å². The van der Waals surface area contributed by atoms with Crippen molar-refractivity contribution in [1.29, 1.82) is 16.2 Å². The summed E-state index contributed by atoms with van der Waals surface area (Å²) >= 11 is 0. The van der Waals surface area contributed by atoms with E-state index in [2.05, 4.69) is 91.4 Å². The number of aromatic nitrogens is 2. The van der Waals surface area contributed by atoms with Gasteiger partial charge in [0, 0.05) is 43.4 Å². The average molecular weight is 858 g/mol. The molecule has 354 valence electrons. The van der Waals surface area contributed by atoms with Crippen molar-refractivity contribution in [3.63, 3.8) is 0 Å². The van der Waals surface area contributed by atoms with Gasteiger partial charge < -0.3 is 41.4 Å². The lowest BCUT2D eigenvalue weighted by Crippen LogP contribution is -2.41. The normalized spacial score (nSPS) is 17.7. The standard InChI is InChI=1S/C28H52N4.C11H24O3.C6H11NO.C5H8N2/c1-10-12-13-16-20(4)21(5)27(24(8)29)22(6)23(7)28-31-18-26(32-28)25(30-9)17-14-15-19(3)11-2;1-5-7-10(11(4,12)13)14-8-9(3)6-2;1-5-2-3-6(8)7-4-5;1-3-5(7)4(2)6/h18-21,23,25,29-30H,10-17H2,1-9H3,(H,31,32);9-10,12-13H,5-8H2,1-4H3;5H,2-4H2,1H3,(H,7,8);3,6-7H,1H2,2H3/b27-22-,29-24?;;;. The van der Waals surface area contributed by atoms with E-state index in [0.29, 0.717) is 48.5 Å². The number of imidazole rings is 1. The van der Waals surface area contributed by atoms with Crippen LogP contribution < -0.4 is 10.6 Å². The summed E-state index contributed by atoms with van der Waals surface area (Å²) in [4.78, 5) is 18.9. The second-order valence-electron chi connectivity index (χ2n) is 18.1. The van der Waals surface area contributed by atoms with E-state index in [4.69, 9.17) is 25.9 Å². The van der Waals surface area contributed by atoms with Crippen LogP contribution in [0.2, 0.25) is 0 Å². The van der Waals surface area contributed by atoms with Crippen LogP contribution in [-0.4, -0.2) is 75.3 Å². The number of carbonyl (C=O) groups is 1. The second kappa shape index (κ2) is 33.6. The van der Waals surface area contributed by atoms with E-state index in [1.54, 1.807) is 6.92 Å². The predicted octanol–water partition coefficient (Wildman–Crippen LogP) is 11.9. The van der Waals surface area contributed by atoms with Crippen molar-refractivity contribution in [2.75, 3.05) is 20.2 Å². The molecule has 0 bridgehead atoms. The Morgan fingerprint density at radius 1 is 0.951 bits per heavy atom. The van der Waals surface area contributed by atoms with Crippen LogP contribution in [0.15, 0.2) is 30.0 Å². The fourth-order valence-corrected chi connectivity index (χ4v) is 6.95. The quantitative estimate of drug-likeness (QED) is 0.0274. The third-order valence-electron chi connectivity index (χ3n) is 12.2. The Kier molecular flexibility index (Phi) is 33.1. The Hall–Kier alpha value is -2.99. The monoisotopic (exact) mass is 858 g/mol. The fraction of sp³-hybridized carbons (Fsp3) is 0.780. The van der Waals surface area contributed by atoms with Crippen LogP contribution in [-0.2, 0) is 9.53 Å². The van der Waals surface area contributed by atoms with Crippen LogP contribution in [0.3, 0.4) is 0 Å². The van der Waals surface area contributed by atoms with Crippen molar-refractivity contribution in [3.05, 3.63) is 41.5 Å². The van der Waals surface area contributed by atoms with Gasteiger partial charge in [-0.1, -0.05) is 139 Å². The zero-order valence-corrected chi connectivity index (χ0v) is 41.7. The highest BCUT2D eigenvalue weighted by atomic mass is 16.6. The summed E-state index contributed by atoms with van der Waals surface area (Å²) in [5.74, 6) is 2.63. The summed E-state index contributed by atoms with van der Waals surface area (Å²) in [5.41, 5.74) is 4.84. The largest absolute Gasteiger partial charge is 0.372 e. The smallest absolute Gasteiger partial charge is 0.220 e. The van der Waals surface area contributed by atoms with Gasteiger partial charge in [-0.05, 0) is 95.2 Å². The van der Waals surface area contributed by atoms with Gasteiger partial charge in [0.05, 0.1) is 17.1 Å². The van der Waals surface area contributed by atoms with E-state index in [-0.39, 0.29) is 23.2 Å². The highest BCUT2D eigenvalue weighted by Crippen LogP contribution is 2.34. The highest BCUT2D eigenvalue weighted by molar-refractivity contribution is 6.43. The molecule has 0 saturated carbocycles. The Morgan fingerprint density at radius 2 is 1.57 bits per heavy atom. The molecule has 0 spiro atoms. The van der Waals surface area contributed by atoms with Crippen molar-refractivity contribution in [2.45, 2.75) is 204 Å². The molecule has 1 aromatic heterocycles. The highest BCUT2D eigenvalue weighted by Gasteiger charge is 2.29. The molecule has 8 atom stereocenters. The van der Waals surface area contributed by atoms with Crippen molar-refractivity contribution in [2.24, 2.45) is 29.6 Å². The summed E-state index contributed by atoms with van der Waals surface area (Å²) in [6, 6.07) is 0.318. The minimum atomic E-state index is -1.72. The van der Waals surface area contributed by atoms with Gasteiger partial charge in [0.25, 0.3) is 0 Å². The van der Waals surface area contributed by atoms with Crippen molar-refractivity contribution >= 4 is 23.0 Å². The van der Waals surface area contributed by atoms with Crippen LogP contribution >= 0.6 is 0 Å². The maximum atomic E-state index is 10.5. The number of carbonyl (C=O) groups excluding carboxylic acids is 1. The summed E-state index contributed by atoms with van der Waals surface area (Å²) in [6.07, 6.45) is 17.3. The molecule has 2 heterocycles. The molecule has 1 amide bonds. The van der Waals surface area contributed by atoms with Crippen LogP contribution in [0.1, 0.15) is 204 Å². The second-order valence-corrected chi connectivity index (χ2v) is 18.1. The molecule has 1 aliphatic heterocycles. The van der Waals surface area contributed by atoms with Gasteiger partial charge in [-0.3, -0.25) is 10.2 Å². The number of ether oxygens (including phenoxy) is 1. The average Bonchev–Trinajstić information content (AvgIpc) is 3.71. The first-order valence-corrected chi connectivity index (χ1v) is 23.6. The van der Waals surface area contributed by atoms with Gasteiger partial charge in [0.1, 0.15) is 11.9 Å². The van der Waals surface area contributed by atoms with E-state index in [9.17, 15) is 15.0 Å². The number of hydrogen-bond acceptors (Lipinski definition) is 9. The molecule has 1 fully saturated rings. The van der Waals surface area contributed by atoms with Gasteiger partial charge in [0.2, 0.25) is 5.91 Å². The maximum Gasteiger partial charge on any atom is 0.220 e. The first-order valence-electron chi connectivity index (χ1n) is 23.6. The van der Waals surface area contributed by atoms with Crippen molar-refractivity contribution < 1.29 is 19.7 Å². The minimum Gasteiger partial charge on any atom is -0.372 e. The van der Waals surface area contributed by atoms with E-state index in [1.165, 1.54) is 74.8 Å². The Morgan fingerprint density at radius 3 is 2.00 bits per heavy atom. The van der Waals surface area contributed by atoms with Crippen LogP contribution in [0.5, 0.6) is 0 Å². The molecule has 61 heavy (non-hydrogen) atoms. The number of rotatable bonds is 25. The molecule has 0 radical (unpaired) electrons. The van der Waals surface area contributed by atoms with Crippen LogP contribution in [0.4, 0.5) is 0 Å². The number of aliphatic hydroxyl groups is 2. The van der Waals surface area contributed by atoms with Crippen molar-refractivity contribution in [3.8, 4) is 0 Å². The third-order valence-corrected chi connectivity index (χ3v) is 12.2. The zero-order valence-electron chi connectivity index (χ0n) is 41.7.